The van der Waals surface area contributed by atoms with Gasteiger partial charge in [-0.25, -0.2) is 4.98 Å². The molecule has 0 spiro atoms. The minimum atomic E-state index is -0.319. The van der Waals surface area contributed by atoms with Gasteiger partial charge in [-0.2, -0.15) is 0 Å². The van der Waals surface area contributed by atoms with Crippen LogP contribution in [-0.4, -0.2) is 22.7 Å². The van der Waals surface area contributed by atoms with Crippen molar-refractivity contribution in [3.63, 3.8) is 0 Å². The summed E-state index contributed by atoms with van der Waals surface area (Å²) in [5.74, 6) is 0. The Morgan fingerprint density at radius 1 is 1.26 bits per heavy atom. The third-order valence-corrected chi connectivity index (χ3v) is 5.68. The molecule has 1 N–H and O–H groups in total. The molecule has 0 radical (unpaired) electrons. The Bertz CT molecular complexity index is 432. The zero-order valence-electron chi connectivity index (χ0n) is 11.8. The van der Waals surface area contributed by atoms with Gasteiger partial charge in [-0.3, -0.25) is 0 Å². The summed E-state index contributed by atoms with van der Waals surface area (Å²) in [6.45, 7) is 3.42. The molecule has 1 saturated heterocycles. The Labute approximate surface area is 119 Å². The molecule has 1 aliphatic carbocycles. The highest BCUT2D eigenvalue weighted by Crippen LogP contribution is 2.38. The summed E-state index contributed by atoms with van der Waals surface area (Å²) in [7, 11) is 0. The number of rotatable bonds is 2. The van der Waals surface area contributed by atoms with Crippen LogP contribution in [0, 0.1) is 0 Å². The normalized spacial score (nSPS) is 28.0. The van der Waals surface area contributed by atoms with Crippen molar-refractivity contribution in [2.24, 2.45) is 0 Å². The summed E-state index contributed by atoms with van der Waals surface area (Å²) < 4.78 is 0. The van der Waals surface area contributed by atoms with Crippen molar-refractivity contribution in [3.05, 3.63) is 10.6 Å². The zero-order chi connectivity index (χ0) is 13.2. The summed E-state index contributed by atoms with van der Waals surface area (Å²) in [6.07, 6.45) is 9.25. The molecule has 3 nitrogen and oxygen atoms in total. The molecule has 0 aromatic carbocycles. The van der Waals surface area contributed by atoms with Gasteiger partial charge in [0, 0.05) is 17.5 Å². The number of hydrogen-bond acceptors (Lipinski definition) is 4. The molecule has 2 heterocycles. The van der Waals surface area contributed by atoms with E-state index >= 15 is 0 Å². The molecular weight excluding hydrogens is 256 g/mol. The molecule has 0 amide bonds. The van der Waals surface area contributed by atoms with E-state index in [1.807, 2.05) is 11.3 Å². The summed E-state index contributed by atoms with van der Waals surface area (Å²) in [5.41, 5.74) is 0.977. The SMILES string of the molecule is CCC1CCCCCN1c1nc2c(s1)CCCC2O. The molecule has 0 saturated carbocycles. The molecule has 106 valence electrons. The lowest BCUT2D eigenvalue weighted by atomic mass is 10.0. The van der Waals surface area contributed by atoms with Crippen molar-refractivity contribution < 1.29 is 5.11 Å². The Morgan fingerprint density at radius 2 is 2.16 bits per heavy atom. The molecule has 1 aliphatic heterocycles. The van der Waals surface area contributed by atoms with E-state index in [9.17, 15) is 5.11 Å². The summed E-state index contributed by atoms with van der Waals surface area (Å²) >= 11 is 1.83. The van der Waals surface area contributed by atoms with E-state index in [4.69, 9.17) is 4.98 Å². The highest BCUT2D eigenvalue weighted by atomic mass is 32.1. The van der Waals surface area contributed by atoms with Crippen LogP contribution in [0.2, 0.25) is 0 Å². The number of aliphatic hydroxyl groups excluding tert-OH is 1. The fourth-order valence-corrected chi connectivity index (χ4v) is 4.61. The molecular formula is C15H24N2OS. The minimum absolute atomic E-state index is 0.319. The first kappa shape index (κ1) is 13.4. The molecule has 1 aromatic rings. The van der Waals surface area contributed by atoms with E-state index in [2.05, 4.69) is 11.8 Å². The quantitative estimate of drug-likeness (QED) is 0.898. The van der Waals surface area contributed by atoms with Gasteiger partial charge in [-0.1, -0.05) is 19.8 Å². The summed E-state index contributed by atoms with van der Waals surface area (Å²) in [5, 5.41) is 11.2. The van der Waals surface area contributed by atoms with Crippen molar-refractivity contribution in [1.82, 2.24) is 4.98 Å². The van der Waals surface area contributed by atoms with Gasteiger partial charge in [0.05, 0.1) is 11.8 Å². The van der Waals surface area contributed by atoms with E-state index in [1.165, 1.54) is 42.1 Å². The van der Waals surface area contributed by atoms with Crippen LogP contribution in [-0.2, 0) is 6.42 Å². The number of aryl methyl sites for hydroxylation is 1. The lowest BCUT2D eigenvalue weighted by Gasteiger charge is -2.28. The first-order valence-corrected chi connectivity index (χ1v) is 8.55. The number of aromatic nitrogens is 1. The van der Waals surface area contributed by atoms with Gasteiger partial charge >= 0.3 is 0 Å². The zero-order valence-corrected chi connectivity index (χ0v) is 12.6. The van der Waals surface area contributed by atoms with Gasteiger partial charge in [0.1, 0.15) is 0 Å². The largest absolute Gasteiger partial charge is 0.387 e. The number of nitrogens with zero attached hydrogens (tertiary/aromatic N) is 2. The molecule has 3 rings (SSSR count). The maximum Gasteiger partial charge on any atom is 0.186 e. The second-order valence-electron chi connectivity index (χ2n) is 5.82. The summed E-state index contributed by atoms with van der Waals surface area (Å²) in [6, 6.07) is 0.646. The lowest BCUT2D eigenvalue weighted by molar-refractivity contribution is 0.153. The van der Waals surface area contributed by atoms with Gasteiger partial charge < -0.3 is 10.0 Å². The Balaban J connectivity index is 1.87. The fraction of sp³-hybridized carbons (Fsp3) is 0.800. The topological polar surface area (TPSA) is 36.4 Å². The average Bonchev–Trinajstić information content (AvgIpc) is 2.71. The van der Waals surface area contributed by atoms with Crippen LogP contribution in [0.3, 0.4) is 0 Å². The number of fused-ring (bicyclic) bond motifs is 1. The molecule has 2 unspecified atom stereocenters. The van der Waals surface area contributed by atoms with Crippen LogP contribution in [0.5, 0.6) is 0 Å². The number of hydrogen-bond donors (Lipinski definition) is 1. The highest BCUT2D eigenvalue weighted by Gasteiger charge is 2.27. The smallest absolute Gasteiger partial charge is 0.186 e. The van der Waals surface area contributed by atoms with Gasteiger partial charge in [-0.15, -0.1) is 11.3 Å². The highest BCUT2D eigenvalue weighted by molar-refractivity contribution is 7.15. The second-order valence-corrected chi connectivity index (χ2v) is 6.88. The van der Waals surface area contributed by atoms with Crippen molar-refractivity contribution in [3.8, 4) is 0 Å². The van der Waals surface area contributed by atoms with Crippen LogP contribution in [0.4, 0.5) is 5.13 Å². The predicted molar refractivity (Wildman–Crippen MR) is 79.9 cm³/mol. The molecule has 2 atom stereocenters. The van der Waals surface area contributed by atoms with Crippen LogP contribution < -0.4 is 4.90 Å². The summed E-state index contributed by atoms with van der Waals surface area (Å²) in [4.78, 5) is 8.63. The van der Waals surface area contributed by atoms with Crippen molar-refractivity contribution >= 4 is 16.5 Å². The van der Waals surface area contributed by atoms with E-state index in [1.54, 1.807) is 0 Å². The molecule has 0 bridgehead atoms. The second kappa shape index (κ2) is 5.80. The van der Waals surface area contributed by atoms with Crippen LogP contribution >= 0.6 is 11.3 Å². The molecule has 1 fully saturated rings. The monoisotopic (exact) mass is 280 g/mol. The van der Waals surface area contributed by atoms with Crippen LogP contribution in [0.15, 0.2) is 0 Å². The van der Waals surface area contributed by atoms with Gasteiger partial charge in [0.15, 0.2) is 5.13 Å². The number of aliphatic hydroxyl groups is 1. The molecule has 2 aliphatic rings. The maximum atomic E-state index is 10.1. The fourth-order valence-electron chi connectivity index (χ4n) is 3.36. The van der Waals surface area contributed by atoms with Crippen molar-refractivity contribution in [2.75, 3.05) is 11.4 Å². The van der Waals surface area contributed by atoms with Crippen molar-refractivity contribution in [2.45, 2.75) is 70.4 Å². The van der Waals surface area contributed by atoms with E-state index in [-0.39, 0.29) is 6.10 Å². The van der Waals surface area contributed by atoms with Gasteiger partial charge in [0.2, 0.25) is 0 Å². The van der Waals surface area contributed by atoms with Gasteiger partial charge in [0.25, 0.3) is 0 Å². The molecule has 4 heteroatoms. The maximum absolute atomic E-state index is 10.1. The Hall–Kier alpha value is -0.610. The van der Waals surface area contributed by atoms with Gasteiger partial charge in [-0.05, 0) is 38.5 Å². The van der Waals surface area contributed by atoms with E-state index in [0.29, 0.717) is 6.04 Å². The lowest BCUT2D eigenvalue weighted by Crippen LogP contribution is -2.34. The third kappa shape index (κ3) is 2.65. The van der Waals surface area contributed by atoms with E-state index in [0.717, 1.165) is 31.5 Å². The molecule has 19 heavy (non-hydrogen) atoms. The first-order chi connectivity index (χ1) is 9.29. The van der Waals surface area contributed by atoms with E-state index < -0.39 is 0 Å². The average molecular weight is 280 g/mol. The van der Waals surface area contributed by atoms with Crippen LogP contribution in [0.25, 0.3) is 0 Å². The van der Waals surface area contributed by atoms with Crippen LogP contribution in [0.1, 0.15) is 68.5 Å². The number of anilines is 1. The first-order valence-electron chi connectivity index (χ1n) is 7.74. The third-order valence-electron chi connectivity index (χ3n) is 4.51. The predicted octanol–water partition coefficient (Wildman–Crippen LogP) is 3.67. The number of thiazole rings is 1. The standard InChI is InChI=1S/C15H24N2OS/c1-2-11-7-4-3-5-10-17(11)15-16-14-12(18)8-6-9-13(14)19-15/h11-12,18H,2-10H2,1H3. The Kier molecular flexibility index (Phi) is 4.08. The Morgan fingerprint density at radius 3 is 2.95 bits per heavy atom. The van der Waals surface area contributed by atoms with Crippen molar-refractivity contribution in [1.29, 1.82) is 0 Å². The minimum Gasteiger partial charge on any atom is -0.387 e. The molecule has 1 aromatic heterocycles.